The van der Waals surface area contributed by atoms with E-state index in [-0.39, 0.29) is 5.97 Å². The monoisotopic (exact) mass is 518 g/mol. The molecule has 3 aromatic rings. The van der Waals surface area contributed by atoms with Gasteiger partial charge in [-0.3, -0.25) is 9.69 Å². The highest BCUT2D eigenvalue weighted by molar-refractivity contribution is 7.15. The Hall–Kier alpha value is -3.44. The molecule has 190 valence electrons. The molecule has 0 atom stereocenters. The highest BCUT2D eigenvalue weighted by Gasteiger charge is 2.24. The van der Waals surface area contributed by atoms with Crippen LogP contribution in [0.25, 0.3) is 10.4 Å². The maximum absolute atomic E-state index is 13.8. The van der Waals surface area contributed by atoms with Crippen molar-refractivity contribution in [2.75, 3.05) is 36.9 Å². The van der Waals surface area contributed by atoms with Gasteiger partial charge in [-0.2, -0.15) is 0 Å². The SMILES string of the molecule is CCOC(=O)CN1CCC(c2ncc(-c3ccc(NC(=O)Nc4ccc(F)c(F)c4F)cc3)s2)CC1. The first-order valence-electron chi connectivity index (χ1n) is 11.5. The number of nitrogens with zero attached hydrogens (tertiary/aromatic N) is 2. The summed E-state index contributed by atoms with van der Waals surface area (Å²) in [5.74, 6) is -4.31. The fourth-order valence-corrected chi connectivity index (χ4v) is 5.05. The number of likely N-dealkylation sites (tertiary alicyclic amines) is 1. The highest BCUT2D eigenvalue weighted by Crippen LogP contribution is 2.35. The minimum absolute atomic E-state index is 0.195. The molecule has 2 N–H and O–H groups in total. The van der Waals surface area contributed by atoms with Gasteiger partial charge in [-0.1, -0.05) is 12.1 Å². The molecule has 1 aromatic heterocycles. The van der Waals surface area contributed by atoms with Crippen molar-refractivity contribution >= 4 is 34.7 Å². The van der Waals surface area contributed by atoms with E-state index < -0.39 is 29.2 Å². The van der Waals surface area contributed by atoms with Gasteiger partial charge >= 0.3 is 12.0 Å². The summed E-state index contributed by atoms with van der Waals surface area (Å²) in [7, 11) is 0. The van der Waals surface area contributed by atoms with E-state index in [0.29, 0.717) is 24.8 Å². The van der Waals surface area contributed by atoms with Crippen LogP contribution in [0.5, 0.6) is 0 Å². The van der Waals surface area contributed by atoms with Gasteiger partial charge in [0.2, 0.25) is 0 Å². The Bertz CT molecular complexity index is 1230. The molecular weight excluding hydrogens is 493 g/mol. The van der Waals surface area contributed by atoms with Crippen LogP contribution in [0.3, 0.4) is 0 Å². The summed E-state index contributed by atoms with van der Waals surface area (Å²) in [5.41, 5.74) is 0.904. The van der Waals surface area contributed by atoms with Crippen LogP contribution in [0.2, 0.25) is 0 Å². The first-order valence-corrected chi connectivity index (χ1v) is 12.3. The van der Waals surface area contributed by atoms with E-state index in [4.69, 9.17) is 4.74 Å². The molecule has 0 bridgehead atoms. The van der Waals surface area contributed by atoms with Crippen molar-refractivity contribution in [3.05, 3.63) is 65.1 Å². The first-order chi connectivity index (χ1) is 17.3. The van der Waals surface area contributed by atoms with Gasteiger partial charge in [0.05, 0.1) is 28.7 Å². The van der Waals surface area contributed by atoms with Crippen molar-refractivity contribution in [2.45, 2.75) is 25.7 Å². The number of nitrogens with one attached hydrogen (secondary N) is 2. The van der Waals surface area contributed by atoms with Crippen molar-refractivity contribution in [2.24, 2.45) is 0 Å². The number of piperidine rings is 1. The predicted molar refractivity (Wildman–Crippen MR) is 132 cm³/mol. The van der Waals surface area contributed by atoms with Gasteiger partial charge in [0.25, 0.3) is 0 Å². The smallest absolute Gasteiger partial charge is 0.323 e. The zero-order valence-corrected chi connectivity index (χ0v) is 20.3. The number of urea groups is 1. The lowest BCUT2D eigenvalue weighted by Crippen LogP contribution is -2.37. The molecule has 1 aliphatic heterocycles. The Morgan fingerprint density at radius 3 is 2.47 bits per heavy atom. The maximum atomic E-state index is 13.8. The lowest BCUT2D eigenvalue weighted by molar-refractivity contribution is -0.144. The van der Waals surface area contributed by atoms with Crippen LogP contribution in [-0.4, -0.2) is 48.1 Å². The molecule has 0 radical (unpaired) electrons. The summed E-state index contributed by atoms with van der Waals surface area (Å²) in [4.78, 5) is 31.5. The fraction of sp³-hybridized carbons (Fsp3) is 0.320. The second-order valence-corrected chi connectivity index (χ2v) is 9.36. The van der Waals surface area contributed by atoms with Gasteiger partial charge in [-0.05, 0) is 62.7 Å². The molecule has 1 fully saturated rings. The van der Waals surface area contributed by atoms with E-state index in [1.54, 1.807) is 30.4 Å². The minimum atomic E-state index is -1.65. The minimum Gasteiger partial charge on any atom is -0.465 e. The molecule has 2 aromatic carbocycles. The Kier molecular flexibility index (Phi) is 8.21. The number of benzene rings is 2. The third-order valence-electron chi connectivity index (χ3n) is 5.83. The summed E-state index contributed by atoms with van der Waals surface area (Å²) >= 11 is 1.61. The molecule has 0 spiro atoms. The zero-order valence-electron chi connectivity index (χ0n) is 19.5. The van der Waals surface area contributed by atoms with Gasteiger partial charge in [-0.25, -0.2) is 22.9 Å². The summed E-state index contributed by atoms with van der Waals surface area (Å²) in [6.07, 6.45) is 3.66. The standard InChI is InChI=1S/C25H25F3N4O3S/c1-2-35-21(33)14-32-11-9-16(10-12-32)24-29-13-20(36-24)15-3-5-17(6-4-15)30-25(34)31-19-8-7-18(26)22(27)23(19)28/h3-8,13,16H,2,9-12,14H2,1H3,(H2,30,31,34). The van der Waals surface area contributed by atoms with Crippen LogP contribution in [0.1, 0.15) is 30.7 Å². The number of esters is 1. The molecule has 11 heteroatoms. The molecule has 7 nitrogen and oxygen atoms in total. The van der Waals surface area contributed by atoms with Gasteiger partial charge < -0.3 is 15.4 Å². The Morgan fingerprint density at radius 1 is 1.06 bits per heavy atom. The highest BCUT2D eigenvalue weighted by atomic mass is 32.1. The fourth-order valence-electron chi connectivity index (χ4n) is 3.96. The number of aromatic nitrogens is 1. The summed E-state index contributed by atoms with van der Waals surface area (Å²) in [5, 5.41) is 5.75. The average Bonchev–Trinajstić information content (AvgIpc) is 3.36. The number of hydrogen-bond acceptors (Lipinski definition) is 6. The van der Waals surface area contributed by atoms with Crippen molar-refractivity contribution in [3.8, 4) is 10.4 Å². The number of halogens is 3. The average molecular weight is 519 g/mol. The molecule has 0 unspecified atom stereocenters. The van der Waals surface area contributed by atoms with E-state index in [1.165, 1.54) is 0 Å². The predicted octanol–water partition coefficient (Wildman–Crippen LogP) is 5.61. The number of carbonyl (C=O) groups excluding carboxylic acids is 2. The topological polar surface area (TPSA) is 83.6 Å². The number of ether oxygens (including phenoxy) is 1. The molecule has 36 heavy (non-hydrogen) atoms. The molecule has 0 saturated carbocycles. The van der Waals surface area contributed by atoms with Crippen molar-refractivity contribution in [3.63, 3.8) is 0 Å². The summed E-state index contributed by atoms with van der Waals surface area (Å²) in [6, 6.07) is 7.91. The molecule has 1 saturated heterocycles. The van der Waals surface area contributed by atoms with E-state index in [0.717, 1.165) is 53.5 Å². The molecule has 2 amide bonds. The third kappa shape index (κ3) is 6.21. The molecule has 0 aliphatic carbocycles. The van der Waals surface area contributed by atoms with Crippen LogP contribution in [-0.2, 0) is 9.53 Å². The van der Waals surface area contributed by atoms with Crippen LogP contribution in [0, 0.1) is 17.5 Å². The first kappa shape index (κ1) is 25.6. The van der Waals surface area contributed by atoms with E-state index >= 15 is 0 Å². The van der Waals surface area contributed by atoms with Crippen molar-refractivity contribution in [1.82, 2.24) is 9.88 Å². The molecule has 4 rings (SSSR count). The lowest BCUT2D eigenvalue weighted by atomic mass is 9.97. The number of amides is 2. The van der Waals surface area contributed by atoms with Crippen LogP contribution >= 0.6 is 11.3 Å². The van der Waals surface area contributed by atoms with Gasteiger partial charge in [-0.15, -0.1) is 11.3 Å². The van der Waals surface area contributed by atoms with Gasteiger partial charge in [0.15, 0.2) is 17.5 Å². The number of anilines is 2. The number of thiazole rings is 1. The largest absolute Gasteiger partial charge is 0.465 e. The second-order valence-electron chi connectivity index (χ2n) is 8.30. The Labute approximate surface area is 210 Å². The molecule has 2 heterocycles. The zero-order chi connectivity index (χ0) is 25.7. The Morgan fingerprint density at radius 2 is 1.78 bits per heavy atom. The van der Waals surface area contributed by atoms with Crippen molar-refractivity contribution in [1.29, 1.82) is 0 Å². The normalized spacial score (nSPS) is 14.4. The number of hydrogen-bond donors (Lipinski definition) is 2. The van der Waals surface area contributed by atoms with E-state index in [9.17, 15) is 22.8 Å². The van der Waals surface area contributed by atoms with Crippen LogP contribution < -0.4 is 10.6 Å². The second kappa shape index (κ2) is 11.5. The Balaban J connectivity index is 1.31. The summed E-state index contributed by atoms with van der Waals surface area (Å²) in [6.45, 7) is 4.13. The quantitative estimate of drug-likeness (QED) is 0.314. The van der Waals surface area contributed by atoms with Crippen molar-refractivity contribution < 1.29 is 27.5 Å². The third-order valence-corrected chi connectivity index (χ3v) is 7.04. The number of carbonyl (C=O) groups is 2. The molecular formula is C25H25F3N4O3S. The maximum Gasteiger partial charge on any atom is 0.323 e. The van der Waals surface area contributed by atoms with E-state index in [1.807, 2.05) is 18.3 Å². The van der Waals surface area contributed by atoms with Gasteiger partial charge in [0.1, 0.15) is 0 Å². The summed E-state index contributed by atoms with van der Waals surface area (Å²) < 4.78 is 45.2. The van der Waals surface area contributed by atoms with Crippen LogP contribution in [0.15, 0.2) is 42.6 Å². The van der Waals surface area contributed by atoms with Gasteiger partial charge in [0, 0.05) is 17.8 Å². The number of rotatable bonds is 7. The van der Waals surface area contributed by atoms with E-state index in [2.05, 4.69) is 20.5 Å². The van der Waals surface area contributed by atoms with Crippen LogP contribution in [0.4, 0.5) is 29.3 Å². The lowest BCUT2D eigenvalue weighted by Gasteiger charge is -2.30. The molecule has 1 aliphatic rings.